The molecule has 2 rings (SSSR count). The number of rotatable bonds is 11. The lowest BCUT2D eigenvalue weighted by Gasteiger charge is -2.08. The summed E-state index contributed by atoms with van der Waals surface area (Å²) >= 11 is 8.83. The van der Waals surface area contributed by atoms with Crippen molar-refractivity contribution in [2.45, 2.75) is 51.4 Å². The summed E-state index contributed by atoms with van der Waals surface area (Å²) < 4.78 is 8.41. The normalized spacial score (nSPS) is 11.2. The summed E-state index contributed by atoms with van der Waals surface area (Å²) in [5.74, 6) is 1.02. The number of benzene rings is 1. The molecular weight excluding hydrogens is 424 g/mol. The first kappa shape index (κ1) is 18.3. The highest BCUT2D eigenvalue weighted by molar-refractivity contribution is 9.10. The van der Waals surface area contributed by atoms with E-state index in [0.717, 1.165) is 28.6 Å². The molecule has 0 saturated carbocycles. The molecule has 0 atom stereocenters. The van der Waals surface area contributed by atoms with Crippen LogP contribution in [0.25, 0.3) is 10.1 Å². The molecule has 0 spiro atoms. The lowest BCUT2D eigenvalue weighted by molar-refractivity contribution is 0.307. The van der Waals surface area contributed by atoms with E-state index in [1.54, 1.807) is 11.3 Å². The Morgan fingerprint density at radius 3 is 2.27 bits per heavy atom. The average molecular weight is 448 g/mol. The van der Waals surface area contributed by atoms with E-state index in [1.807, 2.05) is 0 Å². The summed E-state index contributed by atoms with van der Waals surface area (Å²) in [6, 6.07) is 6.30. The maximum absolute atomic E-state index is 5.97. The van der Waals surface area contributed by atoms with Gasteiger partial charge in [-0.15, -0.1) is 11.3 Å². The number of thiophene rings is 1. The van der Waals surface area contributed by atoms with Crippen LogP contribution in [0, 0.1) is 0 Å². The molecule has 0 saturated heterocycles. The number of alkyl halides is 1. The molecule has 0 radical (unpaired) electrons. The Morgan fingerprint density at radius 1 is 0.864 bits per heavy atom. The van der Waals surface area contributed by atoms with Crippen LogP contribution >= 0.6 is 43.2 Å². The van der Waals surface area contributed by atoms with Crippen LogP contribution in [0.15, 0.2) is 28.1 Å². The molecule has 0 fully saturated rings. The monoisotopic (exact) mass is 446 g/mol. The van der Waals surface area contributed by atoms with Crippen molar-refractivity contribution in [2.24, 2.45) is 0 Å². The third-order valence-corrected chi connectivity index (χ3v) is 6.25. The molecule has 1 aromatic heterocycles. The standard InChI is InChI=1S/C18H24Br2OS/c19-12-7-5-3-1-2-4-6-8-13-21-17-10-9-16(20)18-15(17)11-14-22-18/h9-11,14H,1-8,12-13H2. The summed E-state index contributed by atoms with van der Waals surface area (Å²) in [6.07, 6.45) is 10.6. The molecule has 0 bridgehead atoms. The third-order valence-electron chi connectivity index (χ3n) is 3.81. The molecule has 0 unspecified atom stereocenters. The summed E-state index contributed by atoms with van der Waals surface area (Å²) in [7, 11) is 0. The Balaban J connectivity index is 1.59. The van der Waals surface area contributed by atoms with Gasteiger partial charge in [-0.3, -0.25) is 0 Å². The van der Waals surface area contributed by atoms with E-state index < -0.39 is 0 Å². The molecule has 22 heavy (non-hydrogen) atoms. The maximum atomic E-state index is 5.97. The second-order valence-corrected chi connectivity index (χ2v) is 8.14. The average Bonchev–Trinajstić information content (AvgIpc) is 3.02. The number of ether oxygens (including phenoxy) is 1. The summed E-state index contributed by atoms with van der Waals surface area (Å²) in [4.78, 5) is 0. The van der Waals surface area contributed by atoms with Gasteiger partial charge in [0, 0.05) is 15.2 Å². The van der Waals surface area contributed by atoms with Crippen LogP contribution in [0.5, 0.6) is 5.75 Å². The van der Waals surface area contributed by atoms with E-state index in [9.17, 15) is 0 Å². The molecule has 0 aliphatic heterocycles. The highest BCUT2D eigenvalue weighted by Crippen LogP contribution is 2.35. The molecule has 1 nitrogen and oxygen atoms in total. The number of hydrogen-bond donors (Lipinski definition) is 0. The highest BCUT2D eigenvalue weighted by atomic mass is 79.9. The first-order chi connectivity index (χ1) is 10.8. The minimum atomic E-state index is 0.830. The van der Waals surface area contributed by atoms with Gasteiger partial charge in [0.25, 0.3) is 0 Å². The van der Waals surface area contributed by atoms with Gasteiger partial charge in [-0.1, -0.05) is 54.5 Å². The van der Waals surface area contributed by atoms with Gasteiger partial charge in [0.15, 0.2) is 0 Å². The van der Waals surface area contributed by atoms with Crippen LogP contribution < -0.4 is 4.74 Å². The van der Waals surface area contributed by atoms with Crippen molar-refractivity contribution >= 4 is 53.3 Å². The van der Waals surface area contributed by atoms with Crippen molar-refractivity contribution in [3.05, 3.63) is 28.1 Å². The van der Waals surface area contributed by atoms with Gasteiger partial charge in [-0.25, -0.2) is 0 Å². The fraction of sp³-hybridized carbons (Fsp3) is 0.556. The van der Waals surface area contributed by atoms with Crippen molar-refractivity contribution in [3.8, 4) is 5.75 Å². The highest BCUT2D eigenvalue weighted by Gasteiger charge is 2.06. The zero-order valence-corrected chi connectivity index (χ0v) is 16.9. The van der Waals surface area contributed by atoms with Crippen molar-refractivity contribution in [1.82, 2.24) is 0 Å². The molecule has 2 aromatic rings. The van der Waals surface area contributed by atoms with Crippen molar-refractivity contribution in [3.63, 3.8) is 0 Å². The van der Waals surface area contributed by atoms with E-state index in [4.69, 9.17) is 4.74 Å². The van der Waals surface area contributed by atoms with E-state index in [1.165, 1.54) is 55.0 Å². The van der Waals surface area contributed by atoms with Crippen LogP contribution in [-0.2, 0) is 0 Å². The van der Waals surface area contributed by atoms with Crippen LogP contribution in [0.4, 0.5) is 0 Å². The SMILES string of the molecule is BrCCCCCCCCCCOc1ccc(Br)c2sccc12. The summed E-state index contributed by atoms with van der Waals surface area (Å²) in [5, 5.41) is 4.50. The fourth-order valence-electron chi connectivity index (χ4n) is 2.57. The Bertz CT molecular complexity index is 553. The molecule has 0 aliphatic rings. The van der Waals surface area contributed by atoms with E-state index >= 15 is 0 Å². The van der Waals surface area contributed by atoms with E-state index in [2.05, 4.69) is 55.4 Å². The predicted octanol–water partition coefficient (Wildman–Crippen LogP) is 7.56. The van der Waals surface area contributed by atoms with Gasteiger partial charge in [-0.05, 0) is 52.4 Å². The Kier molecular flexibility index (Phi) is 8.86. The van der Waals surface area contributed by atoms with Crippen molar-refractivity contribution < 1.29 is 4.74 Å². The minimum absolute atomic E-state index is 0.830. The first-order valence-electron chi connectivity index (χ1n) is 8.17. The number of hydrogen-bond acceptors (Lipinski definition) is 2. The maximum Gasteiger partial charge on any atom is 0.128 e. The number of unbranched alkanes of at least 4 members (excludes halogenated alkanes) is 7. The zero-order valence-electron chi connectivity index (χ0n) is 13.0. The second-order valence-electron chi connectivity index (χ2n) is 5.57. The van der Waals surface area contributed by atoms with Crippen LogP contribution in [0.3, 0.4) is 0 Å². The molecule has 4 heteroatoms. The van der Waals surface area contributed by atoms with Gasteiger partial charge in [0.2, 0.25) is 0 Å². The van der Waals surface area contributed by atoms with Gasteiger partial charge >= 0.3 is 0 Å². The van der Waals surface area contributed by atoms with Crippen LogP contribution in [0.1, 0.15) is 51.4 Å². The summed E-state index contributed by atoms with van der Waals surface area (Å²) in [5.41, 5.74) is 0. The Morgan fingerprint density at radius 2 is 1.55 bits per heavy atom. The van der Waals surface area contributed by atoms with Gasteiger partial charge in [0.1, 0.15) is 5.75 Å². The number of halogens is 2. The van der Waals surface area contributed by atoms with Crippen LogP contribution in [-0.4, -0.2) is 11.9 Å². The zero-order chi connectivity index (χ0) is 15.6. The molecule has 0 amide bonds. The number of fused-ring (bicyclic) bond motifs is 1. The van der Waals surface area contributed by atoms with Crippen molar-refractivity contribution in [1.29, 1.82) is 0 Å². The fourth-order valence-corrected chi connectivity index (χ4v) is 4.41. The topological polar surface area (TPSA) is 9.23 Å². The minimum Gasteiger partial charge on any atom is -0.493 e. The van der Waals surface area contributed by atoms with Crippen LogP contribution in [0.2, 0.25) is 0 Å². The molecule has 122 valence electrons. The molecule has 0 aliphatic carbocycles. The molecular formula is C18H24Br2OS. The third kappa shape index (κ3) is 5.86. The molecule has 1 heterocycles. The smallest absolute Gasteiger partial charge is 0.128 e. The van der Waals surface area contributed by atoms with Gasteiger partial charge in [-0.2, -0.15) is 0 Å². The van der Waals surface area contributed by atoms with E-state index in [0.29, 0.717) is 0 Å². The Labute approximate surface area is 154 Å². The molecule has 1 aromatic carbocycles. The predicted molar refractivity (Wildman–Crippen MR) is 106 cm³/mol. The Hall–Kier alpha value is -0.0600. The van der Waals surface area contributed by atoms with Crippen molar-refractivity contribution in [2.75, 3.05) is 11.9 Å². The second kappa shape index (κ2) is 10.7. The summed E-state index contributed by atoms with van der Waals surface area (Å²) in [6.45, 7) is 0.830. The molecule has 0 N–H and O–H groups in total. The van der Waals surface area contributed by atoms with E-state index in [-0.39, 0.29) is 0 Å². The quantitative estimate of drug-likeness (QED) is 0.255. The first-order valence-corrected chi connectivity index (χ1v) is 11.0. The van der Waals surface area contributed by atoms with Gasteiger partial charge in [0.05, 0.1) is 11.3 Å². The lowest BCUT2D eigenvalue weighted by atomic mass is 10.1. The van der Waals surface area contributed by atoms with Gasteiger partial charge < -0.3 is 4.74 Å². The largest absolute Gasteiger partial charge is 0.493 e. The lowest BCUT2D eigenvalue weighted by Crippen LogP contribution is -1.97.